The van der Waals surface area contributed by atoms with Gasteiger partial charge in [0, 0.05) is 0 Å². The molecule has 1 aliphatic carbocycles. The standard InChI is InChI=1S/C8H5Cl3O6S/c9-3-4(10)7(13)8(5(11)6(3)12)17-1-2-18(14,15)16/h1-2H2,(H,14,15,16). The topological polar surface area (TPSA) is 97.7 Å². The molecule has 0 saturated carbocycles. The molecule has 0 heterocycles. The van der Waals surface area contributed by atoms with Crippen LogP contribution >= 0.6 is 34.8 Å². The molecule has 0 aliphatic heterocycles. The molecule has 0 aromatic heterocycles. The number of ketones is 2. The second-order valence-electron chi connectivity index (χ2n) is 3.06. The van der Waals surface area contributed by atoms with Crippen LogP contribution in [0, 0.1) is 0 Å². The van der Waals surface area contributed by atoms with E-state index in [2.05, 4.69) is 0 Å². The number of hydrogen-bond donors (Lipinski definition) is 1. The molecule has 0 saturated heterocycles. The third-order valence-corrected chi connectivity index (χ3v) is 3.63. The fourth-order valence-electron chi connectivity index (χ4n) is 0.976. The Morgan fingerprint density at radius 3 is 2.00 bits per heavy atom. The first-order valence-electron chi connectivity index (χ1n) is 4.27. The van der Waals surface area contributed by atoms with E-state index in [1.165, 1.54) is 0 Å². The van der Waals surface area contributed by atoms with Crippen LogP contribution in [0.1, 0.15) is 0 Å². The minimum absolute atomic E-state index is 0.534. The molecule has 0 aromatic rings. The molecule has 18 heavy (non-hydrogen) atoms. The molecule has 0 fully saturated rings. The van der Waals surface area contributed by atoms with Crippen LogP contribution in [-0.2, 0) is 24.4 Å². The van der Waals surface area contributed by atoms with Crippen LogP contribution in [0.4, 0.5) is 0 Å². The average Bonchev–Trinajstić information content (AvgIpc) is 2.27. The molecule has 100 valence electrons. The lowest BCUT2D eigenvalue weighted by atomic mass is 10.1. The van der Waals surface area contributed by atoms with Crippen LogP contribution in [-0.4, -0.2) is 36.9 Å². The van der Waals surface area contributed by atoms with Gasteiger partial charge < -0.3 is 4.74 Å². The number of carbonyl (C=O) groups excluding carboxylic acids is 2. The number of Topliss-reactive ketones (excluding diaryl/α,β-unsaturated/α-hetero) is 2. The molecule has 0 radical (unpaired) electrons. The minimum Gasteiger partial charge on any atom is -0.487 e. The zero-order valence-corrected chi connectivity index (χ0v) is 11.5. The Balaban J connectivity index is 2.89. The number of rotatable bonds is 4. The number of halogens is 3. The highest BCUT2D eigenvalue weighted by Crippen LogP contribution is 2.31. The van der Waals surface area contributed by atoms with Crippen molar-refractivity contribution in [1.82, 2.24) is 0 Å². The molecule has 0 bridgehead atoms. The van der Waals surface area contributed by atoms with Gasteiger partial charge in [0.15, 0.2) is 5.76 Å². The Hall–Kier alpha value is -0.600. The lowest BCUT2D eigenvalue weighted by Gasteiger charge is -2.15. The Kier molecular flexibility index (Phi) is 4.79. The smallest absolute Gasteiger partial charge is 0.268 e. The van der Waals surface area contributed by atoms with Gasteiger partial charge in [-0.1, -0.05) is 34.8 Å². The summed E-state index contributed by atoms with van der Waals surface area (Å²) in [5.74, 6) is -3.19. The highest BCUT2D eigenvalue weighted by molar-refractivity contribution is 7.85. The lowest BCUT2D eigenvalue weighted by molar-refractivity contribution is -0.117. The first-order valence-corrected chi connectivity index (χ1v) is 7.02. The highest BCUT2D eigenvalue weighted by Gasteiger charge is 2.33. The summed E-state index contributed by atoms with van der Waals surface area (Å²) >= 11 is 16.5. The summed E-state index contributed by atoms with van der Waals surface area (Å²) in [5, 5.41) is -1.69. The van der Waals surface area contributed by atoms with E-state index in [0.29, 0.717) is 0 Å². The Labute approximate surface area is 117 Å². The fraction of sp³-hybridized carbons (Fsp3) is 0.250. The molecule has 0 unspecified atom stereocenters. The first kappa shape index (κ1) is 15.5. The van der Waals surface area contributed by atoms with Crippen LogP contribution in [0.25, 0.3) is 0 Å². The van der Waals surface area contributed by atoms with E-state index in [1.54, 1.807) is 0 Å². The monoisotopic (exact) mass is 334 g/mol. The molecule has 1 N–H and O–H groups in total. The Bertz CT molecular complexity index is 574. The van der Waals surface area contributed by atoms with Crippen LogP contribution in [0.5, 0.6) is 0 Å². The quantitative estimate of drug-likeness (QED) is 0.612. The van der Waals surface area contributed by atoms with Crippen LogP contribution < -0.4 is 0 Å². The summed E-state index contributed by atoms with van der Waals surface area (Å²) in [4.78, 5) is 22.9. The molecule has 6 nitrogen and oxygen atoms in total. The second kappa shape index (κ2) is 5.58. The van der Waals surface area contributed by atoms with E-state index in [4.69, 9.17) is 44.1 Å². The lowest BCUT2D eigenvalue weighted by Crippen LogP contribution is -2.21. The van der Waals surface area contributed by atoms with E-state index in [9.17, 15) is 18.0 Å². The second-order valence-corrected chi connectivity index (χ2v) is 5.77. The largest absolute Gasteiger partial charge is 0.487 e. The van der Waals surface area contributed by atoms with E-state index in [0.717, 1.165) is 0 Å². The SMILES string of the molecule is O=C1C(Cl)=C(Cl)C(=O)C(OCCS(=O)(=O)O)=C1Cl. The van der Waals surface area contributed by atoms with Gasteiger partial charge in [-0.05, 0) is 0 Å². The van der Waals surface area contributed by atoms with Crippen molar-refractivity contribution in [3.63, 3.8) is 0 Å². The number of ether oxygens (including phenoxy) is 1. The van der Waals surface area contributed by atoms with Crippen molar-refractivity contribution in [2.45, 2.75) is 0 Å². The summed E-state index contributed by atoms with van der Waals surface area (Å²) in [7, 11) is -4.26. The highest BCUT2D eigenvalue weighted by atomic mass is 35.5. The number of allylic oxidation sites excluding steroid dienone is 3. The fourth-order valence-corrected chi connectivity index (χ4v) is 1.91. The zero-order valence-electron chi connectivity index (χ0n) is 8.44. The van der Waals surface area contributed by atoms with Crippen LogP contribution in [0.2, 0.25) is 0 Å². The minimum atomic E-state index is -4.26. The van der Waals surface area contributed by atoms with E-state index < -0.39 is 54.9 Å². The van der Waals surface area contributed by atoms with Crippen molar-refractivity contribution in [2.24, 2.45) is 0 Å². The maximum absolute atomic E-state index is 11.5. The third-order valence-electron chi connectivity index (χ3n) is 1.78. The average molecular weight is 336 g/mol. The molecule has 10 heteroatoms. The van der Waals surface area contributed by atoms with E-state index in [-0.39, 0.29) is 0 Å². The summed E-state index contributed by atoms with van der Waals surface area (Å²) in [6.07, 6.45) is 0. The molecule has 0 spiro atoms. The molecule has 0 aromatic carbocycles. The third kappa shape index (κ3) is 3.46. The van der Waals surface area contributed by atoms with Gasteiger partial charge >= 0.3 is 0 Å². The van der Waals surface area contributed by atoms with Gasteiger partial charge in [0.1, 0.15) is 27.5 Å². The van der Waals surface area contributed by atoms with Gasteiger partial charge in [0.05, 0.1) is 0 Å². The van der Waals surface area contributed by atoms with Crippen molar-refractivity contribution in [2.75, 3.05) is 12.4 Å². The Morgan fingerprint density at radius 2 is 1.50 bits per heavy atom. The molecule has 1 rings (SSSR count). The molecular weight excluding hydrogens is 331 g/mol. The summed E-state index contributed by atoms with van der Waals surface area (Å²) in [6.45, 7) is -0.564. The van der Waals surface area contributed by atoms with Gasteiger partial charge in [-0.15, -0.1) is 0 Å². The zero-order chi connectivity index (χ0) is 14.1. The van der Waals surface area contributed by atoms with Crippen LogP contribution in [0.3, 0.4) is 0 Å². The predicted octanol–water partition coefficient (Wildman–Crippen LogP) is 1.18. The normalized spacial score (nSPS) is 17.6. The summed E-state index contributed by atoms with van der Waals surface area (Å²) in [5.41, 5.74) is 0. The van der Waals surface area contributed by atoms with E-state index >= 15 is 0 Å². The Morgan fingerprint density at radius 1 is 1.00 bits per heavy atom. The van der Waals surface area contributed by atoms with Crippen molar-refractivity contribution in [3.05, 3.63) is 20.9 Å². The number of hydrogen-bond acceptors (Lipinski definition) is 5. The van der Waals surface area contributed by atoms with Crippen molar-refractivity contribution in [3.8, 4) is 0 Å². The van der Waals surface area contributed by atoms with Crippen molar-refractivity contribution < 1.29 is 27.3 Å². The van der Waals surface area contributed by atoms with Gasteiger partial charge in [-0.2, -0.15) is 8.42 Å². The van der Waals surface area contributed by atoms with E-state index in [1.807, 2.05) is 0 Å². The molecular formula is C8H5Cl3O6S. The first-order chi connectivity index (χ1) is 8.15. The number of carbonyl (C=O) groups is 2. The molecule has 0 atom stereocenters. The van der Waals surface area contributed by atoms with Gasteiger partial charge in [0.2, 0.25) is 11.6 Å². The summed E-state index contributed by atoms with van der Waals surface area (Å²) < 4.78 is 34.1. The van der Waals surface area contributed by atoms with Gasteiger partial charge in [-0.25, -0.2) is 0 Å². The molecule has 1 aliphatic rings. The maximum atomic E-state index is 11.5. The predicted molar refractivity (Wildman–Crippen MR) is 64.0 cm³/mol. The van der Waals surface area contributed by atoms with Crippen molar-refractivity contribution in [1.29, 1.82) is 0 Å². The van der Waals surface area contributed by atoms with Gasteiger partial charge in [0.25, 0.3) is 10.1 Å². The maximum Gasteiger partial charge on any atom is 0.268 e. The van der Waals surface area contributed by atoms with Crippen LogP contribution in [0.15, 0.2) is 20.9 Å². The van der Waals surface area contributed by atoms with Crippen molar-refractivity contribution >= 4 is 56.5 Å². The summed E-state index contributed by atoms with van der Waals surface area (Å²) in [6, 6.07) is 0. The van der Waals surface area contributed by atoms with Gasteiger partial charge in [-0.3, -0.25) is 14.1 Å². The molecule has 0 amide bonds.